The minimum absolute atomic E-state index is 0.817. The molecule has 3 heterocycles. The third-order valence-corrected chi connectivity index (χ3v) is 4.40. The maximum absolute atomic E-state index is 4.30. The molecule has 0 aliphatic heterocycles. The Hall–Kier alpha value is -1.46. The van der Waals surface area contributed by atoms with E-state index in [2.05, 4.69) is 39.0 Å². The van der Waals surface area contributed by atoms with E-state index >= 15 is 0 Å². The average molecular weight is 261 g/mol. The molecule has 3 nitrogen and oxygen atoms in total. The molecular formula is C12H11N3S2. The lowest BCUT2D eigenvalue weighted by Crippen LogP contribution is -2.01. The van der Waals surface area contributed by atoms with Crippen molar-refractivity contribution in [3.63, 3.8) is 0 Å². The second-order valence-corrected chi connectivity index (χ2v) is 5.43. The van der Waals surface area contributed by atoms with Crippen molar-refractivity contribution >= 4 is 38.7 Å². The zero-order valence-electron chi connectivity index (χ0n) is 9.30. The number of hydrogen-bond acceptors (Lipinski definition) is 5. The first-order valence-corrected chi connectivity index (χ1v) is 7.10. The summed E-state index contributed by atoms with van der Waals surface area (Å²) in [6.07, 6.45) is 1.61. The molecule has 0 aliphatic carbocycles. The third-order valence-electron chi connectivity index (χ3n) is 2.67. The topological polar surface area (TPSA) is 37.8 Å². The van der Waals surface area contributed by atoms with E-state index in [0.717, 1.165) is 22.6 Å². The van der Waals surface area contributed by atoms with Crippen molar-refractivity contribution in [2.75, 3.05) is 5.32 Å². The van der Waals surface area contributed by atoms with Gasteiger partial charge in [-0.1, -0.05) is 0 Å². The lowest BCUT2D eigenvalue weighted by molar-refractivity contribution is 1.10. The molecule has 0 unspecified atom stereocenters. The number of fused-ring (bicyclic) bond motifs is 1. The molecule has 1 N–H and O–H groups in total. The van der Waals surface area contributed by atoms with Crippen LogP contribution >= 0.6 is 22.7 Å². The standard InChI is InChI=1S/C12H11N3S2/c1-8-5-16-6-9(8)4-13-11-10-2-3-17-12(10)15-7-14-11/h2-3,5-7H,4H2,1H3,(H,13,14,15). The molecule has 0 saturated carbocycles. The first-order chi connectivity index (χ1) is 8.34. The van der Waals surface area contributed by atoms with Crippen LogP contribution in [0.25, 0.3) is 10.2 Å². The molecule has 0 bridgehead atoms. The molecule has 0 radical (unpaired) electrons. The van der Waals surface area contributed by atoms with Crippen molar-refractivity contribution in [1.82, 2.24) is 9.97 Å². The monoisotopic (exact) mass is 261 g/mol. The molecular weight excluding hydrogens is 250 g/mol. The van der Waals surface area contributed by atoms with Crippen molar-refractivity contribution in [2.45, 2.75) is 13.5 Å². The highest BCUT2D eigenvalue weighted by Crippen LogP contribution is 2.24. The highest BCUT2D eigenvalue weighted by Gasteiger charge is 2.05. The van der Waals surface area contributed by atoms with Gasteiger partial charge in [-0.25, -0.2) is 9.97 Å². The lowest BCUT2D eigenvalue weighted by atomic mass is 10.2. The Bertz CT molecular complexity index is 642. The summed E-state index contributed by atoms with van der Waals surface area (Å²) in [5, 5.41) is 10.9. The molecule has 3 aromatic rings. The molecule has 0 atom stereocenters. The van der Waals surface area contributed by atoms with Gasteiger partial charge in [0.15, 0.2) is 0 Å². The molecule has 5 heteroatoms. The smallest absolute Gasteiger partial charge is 0.138 e. The van der Waals surface area contributed by atoms with Crippen LogP contribution in [0.4, 0.5) is 5.82 Å². The zero-order chi connectivity index (χ0) is 11.7. The normalized spacial score (nSPS) is 10.9. The lowest BCUT2D eigenvalue weighted by Gasteiger charge is -2.05. The zero-order valence-corrected chi connectivity index (χ0v) is 10.9. The highest BCUT2D eigenvalue weighted by molar-refractivity contribution is 7.16. The van der Waals surface area contributed by atoms with Gasteiger partial charge in [-0.15, -0.1) is 11.3 Å². The van der Waals surface area contributed by atoms with Crippen LogP contribution in [0, 0.1) is 6.92 Å². The Kier molecular flexibility index (Phi) is 2.78. The number of rotatable bonds is 3. The number of aromatic nitrogens is 2. The molecule has 3 aromatic heterocycles. The number of nitrogens with one attached hydrogen (secondary N) is 1. The van der Waals surface area contributed by atoms with Crippen LogP contribution in [0.5, 0.6) is 0 Å². The second kappa shape index (κ2) is 4.43. The minimum Gasteiger partial charge on any atom is -0.365 e. The minimum atomic E-state index is 0.817. The van der Waals surface area contributed by atoms with Gasteiger partial charge in [0.1, 0.15) is 17.0 Å². The van der Waals surface area contributed by atoms with Crippen LogP contribution in [-0.4, -0.2) is 9.97 Å². The fourth-order valence-electron chi connectivity index (χ4n) is 1.68. The molecule has 3 rings (SSSR count). The summed E-state index contributed by atoms with van der Waals surface area (Å²) in [7, 11) is 0. The highest BCUT2D eigenvalue weighted by atomic mass is 32.1. The predicted molar refractivity (Wildman–Crippen MR) is 73.8 cm³/mol. The van der Waals surface area contributed by atoms with Crippen molar-refractivity contribution < 1.29 is 0 Å². The van der Waals surface area contributed by atoms with Crippen LogP contribution in [0.15, 0.2) is 28.5 Å². The SMILES string of the molecule is Cc1cscc1CNc1ncnc2sccc12. The Labute approximate surface area is 107 Å². The third kappa shape index (κ3) is 2.03. The summed E-state index contributed by atoms with van der Waals surface area (Å²) in [4.78, 5) is 9.56. The summed E-state index contributed by atoms with van der Waals surface area (Å²) in [6.45, 7) is 2.95. The van der Waals surface area contributed by atoms with Crippen LogP contribution < -0.4 is 5.32 Å². The second-order valence-electron chi connectivity index (χ2n) is 3.80. The van der Waals surface area contributed by atoms with E-state index in [1.165, 1.54) is 11.1 Å². The first-order valence-electron chi connectivity index (χ1n) is 5.28. The summed E-state index contributed by atoms with van der Waals surface area (Å²) in [5.74, 6) is 0.918. The fraction of sp³-hybridized carbons (Fsp3) is 0.167. The Morgan fingerprint density at radius 3 is 3.06 bits per heavy atom. The van der Waals surface area contributed by atoms with E-state index in [-0.39, 0.29) is 0 Å². The van der Waals surface area contributed by atoms with Gasteiger partial charge in [0.2, 0.25) is 0 Å². The van der Waals surface area contributed by atoms with Gasteiger partial charge in [0, 0.05) is 6.54 Å². The van der Waals surface area contributed by atoms with Gasteiger partial charge in [0.25, 0.3) is 0 Å². The number of hydrogen-bond donors (Lipinski definition) is 1. The molecule has 0 aliphatic rings. The van der Waals surface area contributed by atoms with E-state index in [4.69, 9.17) is 0 Å². The summed E-state index contributed by atoms with van der Waals surface area (Å²) < 4.78 is 0. The van der Waals surface area contributed by atoms with Crippen molar-refractivity contribution in [3.05, 3.63) is 39.7 Å². The van der Waals surface area contributed by atoms with Gasteiger partial charge >= 0.3 is 0 Å². The van der Waals surface area contributed by atoms with E-state index in [1.807, 2.05) is 5.38 Å². The molecule has 0 saturated heterocycles. The molecule has 0 spiro atoms. The van der Waals surface area contributed by atoms with E-state index in [9.17, 15) is 0 Å². The summed E-state index contributed by atoms with van der Waals surface area (Å²) in [6, 6.07) is 2.06. The number of aryl methyl sites for hydroxylation is 1. The van der Waals surface area contributed by atoms with Gasteiger partial charge in [0.05, 0.1) is 5.39 Å². The number of anilines is 1. The summed E-state index contributed by atoms with van der Waals surface area (Å²) >= 11 is 3.37. The van der Waals surface area contributed by atoms with Crippen molar-refractivity contribution in [2.24, 2.45) is 0 Å². The number of thiophene rings is 2. The van der Waals surface area contributed by atoms with Crippen LogP contribution in [0.1, 0.15) is 11.1 Å². The van der Waals surface area contributed by atoms with E-state index in [1.54, 1.807) is 29.0 Å². The average Bonchev–Trinajstić information content (AvgIpc) is 2.95. The Morgan fingerprint density at radius 2 is 2.24 bits per heavy atom. The van der Waals surface area contributed by atoms with Gasteiger partial charge in [-0.2, -0.15) is 11.3 Å². The first kappa shape index (κ1) is 10.7. The molecule has 17 heavy (non-hydrogen) atoms. The quantitative estimate of drug-likeness (QED) is 0.781. The maximum atomic E-state index is 4.30. The molecule has 86 valence electrons. The largest absolute Gasteiger partial charge is 0.365 e. The van der Waals surface area contributed by atoms with Crippen LogP contribution in [0.2, 0.25) is 0 Å². The van der Waals surface area contributed by atoms with Crippen molar-refractivity contribution in [3.8, 4) is 0 Å². The maximum Gasteiger partial charge on any atom is 0.138 e. The molecule has 0 aromatic carbocycles. The van der Waals surface area contributed by atoms with Gasteiger partial charge in [-0.3, -0.25) is 0 Å². The fourth-order valence-corrected chi connectivity index (χ4v) is 3.27. The van der Waals surface area contributed by atoms with Crippen molar-refractivity contribution in [1.29, 1.82) is 0 Å². The predicted octanol–water partition coefficient (Wildman–Crippen LogP) is 3.67. The number of nitrogens with zero attached hydrogens (tertiary/aromatic N) is 2. The van der Waals surface area contributed by atoms with Crippen LogP contribution in [0.3, 0.4) is 0 Å². The molecule has 0 fully saturated rings. The molecule has 0 amide bonds. The van der Waals surface area contributed by atoms with E-state index in [0.29, 0.717) is 0 Å². The Morgan fingerprint density at radius 1 is 1.29 bits per heavy atom. The summed E-state index contributed by atoms with van der Waals surface area (Å²) in [5.41, 5.74) is 2.66. The van der Waals surface area contributed by atoms with Crippen LogP contribution in [-0.2, 0) is 6.54 Å². The van der Waals surface area contributed by atoms with Gasteiger partial charge < -0.3 is 5.32 Å². The van der Waals surface area contributed by atoms with E-state index < -0.39 is 0 Å². The Balaban J connectivity index is 1.86. The van der Waals surface area contributed by atoms with Gasteiger partial charge in [-0.05, 0) is 40.3 Å².